The molecule has 168 valence electrons. The Balaban J connectivity index is 1.63. The molecule has 0 aliphatic heterocycles. The molecule has 0 aliphatic carbocycles. The summed E-state index contributed by atoms with van der Waals surface area (Å²) in [5, 5.41) is 12.3. The number of aromatic nitrogens is 3. The second kappa shape index (κ2) is 10.2. The Labute approximate surface area is 196 Å². The number of hydrogen-bond donors (Lipinski definition) is 1. The van der Waals surface area contributed by atoms with Gasteiger partial charge in [0.2, 0.25) is 5.91 Å². The summed E-state index contributed by atoms with van der Waals surface area (Å²) in [7, 11) is 3.25. The molecule has 0 bridgehead atoms. The fraction of sp³-hybridized carbons (Fsp3) is 0.160. The van der Waals surface area contributed by atoms with E-state index in [1.54, 1.807) is 14.2 Å². The predicted octanol–water partition coefficient (Wildman–Crippen LogP) is 4.99. The van der Waals surface area contributed by atoms with E-state index in [2.05, 4.69) is 15.5 Å². The van der Waals surface area contributed by atoms with Crippen LogP contribution in [0.1, 0.15) is 5.56 Å². The summed E-state index contributed by atoms with van der Waals surface area (Å²) in [5.74, 6) is 2.13. The maximum atomic E-state index is 12.6. The summed E-state index contributed by atoms with van der Waals surface area (Å²) in [4.78, 5) is 12.6. The zero-order valence-electron chi connectivity index (χ0n) is 18.6. The van der Waals surface area contributed by atoms with E-state index >= 15 is 0 Å². The number of anilines is 1. The Kier molecular flexibility index (Phi) is 6.95. The molecule has 0 aliphatic rings. The lowest BCUT2D eigenvalue weighted by Gasteiger charge is -2.13. The van der Waals surface area contributed by atoms with E-state index in [4.69, 9.17) is 9.47 Å². The number of nitrogens with zero attached hydrogens (tertiary/aromatic N) is 3. The Morgan fingerprint density at radius 2 is 1.67 bits per heavy atom. The summed E-state index contributed by atoms with van der Waals surface area (Å²) < 4.78 is 12.7. The monoisotopic (exact) mass is 460 g/mol. The van der Waals surface area contributed by atoms with E-state index in [0.717, 1.165) is 28.3 Å². The lowest BCUT2D eigenvalue weighted by molar-refractivity contribution is -0.113. The molecule has 4 aromatic rings. The van der Waals surface area contributed by atoms with Crippen LogP contribution in [0.5, 0.6) is 11.5 Å². The van der Waals surface area contributed by atoms with Gasteiger partial charge in [-0.25, -0.2) is 0 Å². The number of aryl methyl sites for hydroxylation is 1. The molecule has 1 amide bonds. The molecule has 1 N–H and O–H groups in total. The van der Waals surface area contributed by atoms with Crippen LogP contribution >= 0.6 is 11.8 Å². The molecule has 8 heteroatoms. The fourth-order valence-electron chi connectivity index (χ4n) is 3.30. The highest BCUT2D eigenvalue weighted by Gasteiger charge is 2.20. The van der Waals surface area contributed by atoms with Crippen LogP contribution in [0.3, 0.4) is 0 Å². The van der Waals surface area contributed by atoms with Gasteiger partial charge in [-0.05, 0) is 55.5 Å². The van der Waals surface area contributed by atoms with Gasteiger partial charge in [0, 0.05) is 5.69 Å². The second-order valence-electron chi connectivity index (χ2n) is 7.24. The second-order valence-corrected chi connectivity index (χ2v) is 8.19. The zero-order chi connectivity index (χ0) is 23.2. The van der Waals surface area contributed by atoms with Crippen molar-refractivity contribution in [2.24, 2.45) is 0 Å². The van der Waals surface area contributed by atoms with Crippen molar-refractivity contribution in [2.75, 3.05) is 25.3 Å². The molecular formula is C25H24N4O3S. The minimum atomic E-state index is -0.119. The van der Waals surface area contributed by atoms with Gasteiger partial charge in [-0.3, -0.25) is 9.36 Å². The van der Waals surface area contributed by atoms with Crippen LogP contribution < -0.4 is 14.8 Å². The SMILES string of the molecule is COc1ccc(-n2c(SCC(=O)Nc3ccc(C)cc3)nnc2-c2ccccc2OC)cc1. The number of benzene rings is 3. The summed E-state index contributed by atoms with van der Waals surface area (Å²) in [6.45, 7) is 2.01. The molecule has 7 nitrogen and oxygen atoms in total. The molecule has 0 unspecified atom stereocenters. The van der Waals surface area contributed by atoms with E-state index in [9.17, 15) is 4.79 Å². The van der Waals surface area contributed by atoms with Crippen LogP contribution in [-0.2, 0) is 4.79 Å². The van der Waals surface area contributed by atoms with Gasteiger partial charge < -0.3 is 14.8 Å². The Hall–Kier alpha value is -3.78. The van der Waals surface area contributed by atoms with Gasteiger partial charge in [0.05, 0.1) is 31.2 Å². The van der Waals surface area contributed by atoms with E-state index in [1.165, 1.54) is 11.8 Å². The van der Waals surface area contributed by atoms with Crippen molar-refractivity contribution in [3.63, 3.8) is 0 Å². The highest BCUT2D eigenvalue weighted by molar-refractivity contribution is 7.99. The van der Waals surface area contributed by atoms with Crippen molar-refractivity contribution < 1.29 is 14.3 Å². The van der Waals surface area contributed by atoms with Gasteiger partial charge in [0.15, 0.2) is 11.0 Å². The van der Waals surface area contributed by atoms with Crippen molar-refractivity contribution in [1.82, 2.24) is 14.8 Å². The lowest BCUT2D eigenvalue weighted by Crippen LogP contribution is -2.14. The topological polar surface area (TPSA) is 78.3 Å². The van der Waals surface area contributed by atoms with Crippen LogP contribution in [-0.4, -0.2) is 40.6 Å². The van der Waals surface area contributed by atoms with Crippen molar-refractivity contribution in [3.8, 4) is 28.6 Å². The first-order chi connectivity index (χ1) is 16.1. The first-order valence-corrected chi connectivity index (χ1v) is 11.3. The molecular weight excluding hydrogens is 436 g/mol. The number of carbonyl (C=O) groups excluding carboxylic acids is 1. The standard InChI is InChI=1S/C25H24N4O3S/c1-17-8-10-18(11-9-17)26-23(30)16-33-25-28-27-24(21-6-4-5-7-22(21)32-3)29(25)19-12-14-20(31-2)15-13-19/h4-15H,16H2,1-3H3,(H,26,30). The minimum absolute atomic E-state index is 0.119. The number of methoxy groups -OCH3 is 2. The summed E-state index contributed by atoms with van der Waals surface area (Å²) in [6.07, 6.45) is 0. The van der Waals surface area contributed by atoms with E-state index in [1.807, 2.05) is 84.3 Å². The largest absolute Gasteiger partial charge is 0.497 e. The fourth-order valence-corrected chi connectivity index (χ4v) is 4.05. The van der Waals surface area contributed by atoms with Gasteiger partial charge in [0.1, 0.15) is 11.5 Å². The quantitative estimate of drug-likeness (QED) is 0.373. The van der Waals surface area contributed by atoms with E-state index in [-0.39, 0.29) is 11.7 Å². The normalized spacial score (nSPS) is 10.6. The Morgan fingerprint density at radius 3 is 2.36 bits per heavy atom. The maximum absolute atomic E-state index is 12.6. The first kappa shape index (κ1) is 22.4. The Bertz CT molecular complexity index is 1240. The maximum Gasteiger partial charge on any atom is 0.234 e. The third kappa shape index (κ3) is 5.18. The molecule has 3 aromatic carbocycles. The van der Waals surface area contributed by atoms with Crippen molar-refractivity contribution >= 4 is 23.4 Å². The number of ether oxygens (including phenoxy) is 2. The molecule has 0 saturated heterocycles. The van der Waals surface area contributed by atoms with Gasteiger partial charge in [-0.15, -0.1) is 10.2 Å². The summed E-state index contributed by atoms with van der Waals surface area (Å²) in [5.41, 5.74) is 3.55. The van der Waals surface area contributed by atoms with Crippen LogP contribution in [0.15, 0.2) is 78.0 Å². The number of hydrogen-bond acceptors (Lipinski definition) is 6. The molecule has 1 aromatic heterocycles. The van der Waals surface area contributed by atoms with Crippen molar-refractivity contribution in [2.45, 2.75) is 12.1 Å². The predicted molar refractivity (Wildman–Crippen MR) is 130 cm³/mol. The highest BCUT2D eigenvalue weighted by atomic mass is 32.2. The zero-order valence-corrected chi connectivity index (χ0v) is 19.4. The van der Waals surface area contributed by atoms with Gasteiger partial charge in [0.25, 0.3) is 0 Å². The summed E-state index contributed by atoms with van der Waals surface area (Å²) >= 11 is 1.32. The molecule has 0 radical (unpaired) electrons. The number of para-hydroxylation sites is 1. The molecule has 33 heavy (non-hydrogen) atoms. The highest BCUT2D eigenvalue weighted by Crippen LogP contribution is 2.33. The number of carbonyl (C=O) groups is 1. The molecule has 0 saturated carbocycles. The number of amides is 1. The van der Waals surface area contributed by atoms with Crippen molar-refractivity contribution in [1.29, 1.82) is 0 Å². The Morgan fingerprint density at radius 1 is 0.939 bits per heavy atom. The third-order valence-electron chi connectivity index (χ3n) is 4.98. The number of thioether (sulfide) groups is 1. The third-order valence-corrected chi connectivity index (χ3v) is 5.91. The van der Waals surface area contributed by atoms with Crippen LogP contribution in [0.4, 0.5) is 5.69 Å². The minimum Gasteiger partial charge on any atom is -0.497 e. The van der Waals surface area contributed by atoms with Crippen LogP contribution in [0.25, 0.3) is 17.1 Å². The average molecular weight is 461 g/mol. The molecule has 0 atom stereocenters. The van der Waals surface area contributed by atoms with Gasteiger partial charge in [-0.2, -0.15) is 0 Å². The number of nitrogens with one attached hydrogen (secondary N) is 1. The van der Waals surface area contributed by atoms with Crippen LogP contribution in [0.2, 0.25) is 0 Å². The van der Waals surface area contributed by atoms with Gasteiger partial charge in [-0.1, -0.05) is 41.6 Å². The first-order valence-electron chi connectivity index (χ1n) is 10.3. The molecule has 4 rings (SSSR count). The summed E-state index contributed by atoms with van der Waals surface area (Å²) in [6, 6.07) is 22.9. The van der Waals surface area contributed by atoms with Crippen LogP contribution in [0, 0.1) is 6.92 Å². The van der Waals surface area contributed by atoms with E-state index in [0.29, 0.717) is 16.7 Å². The smallest absolute Gasteiger partial charge is 0.234 e. The molecule has 1 heterocycles. The average Bonchev–Trinajstić information content (AvgIpc) is 3.28. The van der Waals surface area contributed by atoms with Gasteiger partial charge >= 0.3 is 0 Å². The van der Waals surface area contributed by atoms with Crippen molar-refractivity contribution in [3.05, 3.63) is 78.4 Å². The molecule has 0 spiro atoms. The van der Waals surface area contributed by atoms with E-state index < -0.39 is 0 Å². The molecule has 0 fully saturated rings. The lowest BCUT2D eigenvalue weighted by atomic mass is 10.2. The number of rotatable bonds is 8.